The van der Waals surface area contributed by atoms with Crippen molar-refractivity contribution in [1.29, 1.82) is 0 Å². The lowest BCUT2D eigenvalue weighted by Crippen LogP contribution is -2.10. The number of primary amides is 1. The van der Waals surface area contributed by atoms with Crippen LogP contribution in [0.5, 0.6) is 0 Å². The van der Waals surface area contributed by atoms with Gasteiger partial charge < -0.3 is 5.73 Å². The molecule has 0 fully saturated rings. The van der Waals surface area contributed by atoms with Gasteiger partial charge in [0.2, 0.25) is 5.91 Å². The van der Waals surface area contributed by atoms with Gasteiger partial charge in [0.15, 0.2) is 0 Å². The molecule has 0 aromatic carbocycles. The summed E-state index contributed by atoms with van der Waals surface area (Å²) in [6.45, 7) is 6.54. The van der Waals surface area contributed by atoms with Gasteiger partial charge >= 0.3 is 0 Å². The Morgan fingerprint density at radius 3 is 2.42 bits per heavy atom. The molecule has 2 nitrogen and oxygen atoms in total. The molecule has 0 atom stereocenters. The highest BCUT2D eigenvalue weighted by Crippen LogP contribution is 2.35. The van der Waals surface area contributed by atoms with Gasteiger partial charge in [-0.3, -0.25) is 4.79 Å². The molecule has 0 radical (unpaired) electrons. The van der Waals surface area contributed by atoms with E-state index >= 15 is 0 Å². The number of rotatable bonds is 5. The third kappa shape index (κ3) is 10.2. The number of hydrogen-bond donors (Lipinski definition) is 1. The van der Waals surface area contributed by atoms with Gasteiger partial charge in [-0.05, 0) is 6.42 Å². The Hall–Kier alpha value is 0.170. The summed E-state index contributed by atoms with van der Waals surface area (Å²) in [6, 6.07) is 0. The van der Waals surface area contributed by atoms with Gasteiger partial charge in [-0.1, -0.05) is 42.4 Å². The number of carbonyl (C=O) groups is 1. The van der Waals surface area contributed by atoms with E-state index in [0.29, 0.717) is 11.2 Å². The third-order valence-corrected chi connectivity index (χ3v) is 4.39. The summed E-state index contributed by atoms with van der Waals surface area (Å²) < 4.78 is 0.303. The number of amides is 1. The van der Waals surface area contributed by atoms with Crippen LogP contribution in [0.25, 0.3) is 0 Å². The Labute approximate surface area is 82.4 Å². The van der Waals surface area contributed by atoms with Crippen molar-refractivity contribution < 1.29 is 4.79 Å². The molecule has 2 N–H and O–H groups in total. The molecule has 0 unspecified atom stereocenters. The molecule has 0 aliphatic rings. The molecular weight excluding hydrogens is 190 g/mol. The standard InChI is InChI=1S/C8H17NOS2/c1-8(2,3)12-11-6-4-5-7(9)10/h4-6H2,1-3H3,(H2,9,10). The van der Waals surface area contributed by atoms with Gasteiger partial charge in [0, 0.05) is 16.9 Å². The van der Waals surface area contributed by atoms with Gasteiger partial charge in [-0.2, -0.15) is 0 Å². The van der Waals surface area contributed by atoms with Crippen LogP contribution in [0.4, 0.5) is 0 Å². The lowest BCUT2D eigenvalue weighted by Gasteiger charge is -2.15. The average molecular weight is 207 g/mol. The fourth-order valence-corrected chi connectivity index (χ4v) is 2.89. The second-order valence-electron chi connectivity index (χ2n) is 3.59. The minimum absolute atomic E-state index is 0.198. The van der Waals surface area contributed by atoms with Crippen molar-refractivity contribution in [2.75, 3.05) is 5.75 Å². The van der Waals surface area contributed by atoms with Crippen molar-refractivity contribution >= 4 is 27.5 Å². The quantitative estimate of drug-likeness (QED) is 0.556. The zero-order valence-electron chi connectivity index (χ0n) is 7.92. The predicted molar refractivity (Wildman–Crippen MR) is 58.2 cm³/mol. The van der Waals surface area contributed by atoms with Crippen LogP contribution in [0.15, 0.2) is 0 Å². The molecule has 0 heterocycles. The molecule has 0 aliphatic heterocycles. The third-order valence-electron chi connectivity index (χ3n) is 0.960. The van der Waals surface area contributed by atoms with Gasteiger partial charge in [0.25, 0.3) is 0 Å². The first-order valence-corrected chi connectivity index (χ1v) is 6.32. The molecule has 0 aliphatic carbocycles. The van der Waals surface area contributed by atoms with E-state index in [4.69, 9.17) is 5.73 Å². The molecule has 0 rings (SSSR count). The SMILES string of the molecule is CC(C)(C)SSCCCC(N)=O. The monoisotopic (exact) mass is 207 g/mol. The van der Waals surface area contributed by atoms with Crippen molar-refractivity contribution in [2.24, 2.45) is 5.73 Å². The zero-order chi connectivity index (χ0) is 9.61. The Kier molecular flexibility index (Phi) is 5.84. The van der Waals surface area contributed by atoms with Crippen LogP contribution in [-0.2, 0) is 4.79 Å². The van der Waals surface area contributed by atoms with Crippen LogP contribution in [0.1, 0.15) is 33.6 Å². The Bertz CT molecular complexity index is 142. The topological polar surface area (TPSA) is 43.1 Å². The van der Waals surface area contributed by atoms with Crippen LogP contribution in [0, 0.1) is 0 Å². The second kappa shape index (κ2) is 5.75. The first-order chi connectivity index (χ1) is 5.42. The molecule has 0 saturated heterocycles. The van der Waals surface area contributed by atoms with E-state index in [-0.39, 0.29) is 5.91 Å². The maximum atomic E-state index is 10.4. The van der Waals surface area contributed by atoms with E-state index in [1.807, 2.05) is 21.6 Å². The maximum absolute atomic E-state index is 10.4. The van der Waals surface area contributed by atoms with E-state index in [2.05, 4.69) is 20.8 Å². The lowest BCUT2D eigenvalue weighted by molar-refractivity contribution is -0.118. The van der Waals surface area contributed by atoms with Crippen LogP contribution in [0.2, 0.25) is 0 Å². The van der Waals surface area contributed by atoms with Crippen molar-refractivity contribution in [1.82, 2.24) is 0 Å². The molecule has 0 saturated carbocycles. The van der Waals surface area contributed by atoms with Crippen molar-refractivity contribution in [2.45, 2.75) is 38.4 Å². The van der Waals surface area contributed by atoms with Crippen LogP contribution >= 0.6 is 21.6 Å². The summed E-state index contributed by atoms with van der Waals surface area (Å²) in [5.41, 5.74) is 5.01. The van der Waals surface area contributed by atoms with E-state index in [1.54, 1.807) is 0 Å². The molecule has 0 aromatic heterocycles. The summed E-state index contributed by atoms with van der Waals surface area (Å²) >= 11 is 0. The summed E-state index contributed by atoms with van der Waals surface area (Å²) in [5.74, 6) is 0.807. The summed E-state index contributed by atoms with van der Waals surface area (Å²) in [7, 11) is 3.66. The van der Waals surface area contributed by atoms with E-state index in [0.717, 1.165) is 12.2 Å². The highest BCUT2D eigenvalue weighted by Gasteiger charge is 2.10. The zero-order valence-corrected chi connectivity index (χ0v) is 9.56. The summed E-state index contributed by atoms with van der Waals surface area (Å²) in [4.78, 5) is 10.4. The Morgan fingerprint density at radius 1 is 1.42 bits per heavy atom. The van der Waals surface area contributed by atoms with E-state index in [1.165, 1.54) is 0 Å². The van der Waals surface area contributed by atoms with Gasteiger partial charge in [0.05, 0.1) is 0 Å². The highest BCUT2D eigenvalue weighted by molar-refractivity contribution is 8.77. The molecule has 4 heteroatoms. The fraction of sp³-hybridized carbons (Fsp3) is 0.875. The summed E-state index contributed by atoms with van der Waals surface area (Å²) in [6.07, 6.45) is 1.40. The van der Waals surface area contributed by atoms with Crippen molar-refractivity contribution in [3.05, 3.63) is 0 Å². The maximum Gasteiger partial charge on any atom is 0.217 e. The second-order valence-corrected chi connectivity index (χ2v) is 6.83. The highest BCUT2D eigenvalue weighted by atomic mass is 33.1. The molecule has 0 bridgehead atoms. The summed E-state index contributed by atoms with van der Waals surface area (Å²) in [5, 5.41) is 0. The molecule has 72 valence electrons. The molecule has 1 amide bonds. The van der Waals surface area contributed by atoms with Crippen molar-refractivity contribution in [3.8, 4) is 0 Å². The van der Waals surface area contributed by atoms with Gasteiger partial charge in [0.1, 0.15) is 0 Å². The molecule has 12 heavy (non-hydrogen) atoms. The average Bonchev–Trinajstić information content (AvgIpc) is 1.83. The van der Waals surface area contributed by atoms with Gasteiger partial charge in [-0.15, -0.1) is 0 Å². The Morgan fingerprint density at radius 2 is 2.00 bits per heavy atom. The van der Waals surface area contributed by atoms with Crippen LogP contribution in [-0.4, -0.2) is 16.4 Å². The first-order valence-electron chi connectivity index (χ1n) is 4.01. The minimum atomic E-state index is -0.198. The van der Waals surface area contributed by atoms with Crippen LogP contribution in [0.3, 0.4) is 0 Å². The largest absolute Gasteiger partial charge is 0.370 e. The van der Waals surface area contributed by atoms with E-state index < -0.39 is 0 Å². The lowest BCUT2D eigenvalue weighted by atomic mass is 10.3. The molecular formula is C8H17NOS2. The van der Waals surface area contributed by atoms with Crippen molar-refractivity contribution in [3.63, 3.8) is 0 Å². The number of carbonyl (C=O) groups excluding carboxylic acids is 1. The predicted octanol–water partition coefficient (Wildman–Crippen LogP) is 2.43. The smallest absolute Gasteiger partial charge is 0.217 e. The Balaban J connectivity index is 3.17. The van der Waals surface area contributed by atoms with Crippen LogP contribution < -0.4 is 5.73 Å². The molecule has 0 spiro atoms. The minimum Gasteiger partial charge on any atom is -0.370 e. The fourth-order valence-electron chi connectivity index (χ4n) is 0.524. The van der Waals surface area contributed by atoms with Gasteiger partial charge in [-0.25, -0.2) is 0 Å². The first kappa shape index (κ1) is 12.2. The van der Waals surface area contributed by atoms with E-state index in [9.17, 15) is 4.79 Å². The molecule has 0 aromatic rings. The number of hydrogen-bond acceptors (Lipinski definition) is 3. The number of nitrogens with two attached hydrogens (primary N) is 1. The normalized spacial score (nSPS) is 11.6.